The van der Waals surface area contributed by atoms with Crippen molar-refractivity contribution in [2.45, 2.75) is 38.2 Å². The first-order valence-corrected chi connectivity index (χ1v) is 8.80. The average molecular weight is 348 g/mol. The van der Waals surface area contributed by atoms with Crippen LogP contribution in [-0.2, 0) is 11.8 Å². The Morgan fingerprint density at radius 2 is 2.12 bits per heavy atom. The van der Waals surface area contributed by atoms with Gasteiger partial charge in [-0.05, 0) is 36.8 Å². The van der Waals surface area contributed by atoms with Crippen molar-refractivity contribution in [3.05, 3.63) is 57.8 Å². The lowest BCUT2D eigenvalue weighted by Crippen LogP contribution is -2.48. The Labute approximate surface area is 151 Å². The number of aromatic amines is 1. The largest absolute Gasteiger partial charge is 0.387 e. The van der Waals surface area contributed by atoms with Gasteiger partial charge in [0.2, 0.25) is 0 Å². The van der Waals surface area contributed by atoms with Gasteiger partial charge in [-0.1, -0.05) is 19.9 Å². The first-order valence-electron chi connectivity index (χ1n) is 8.80. The van der Waals surface area contributed by atoms with Gasteiger partial charge in [0, 0.05) is 28.9 Å². The number of nitriles is 1. The fourth-order valence-electron chi connectivity index (χ4n) is 4.59. The molecule has 0 fully saturated rings. The topological polar surface area (TPSA) is 103 Å². The highest BCUT2D eigenvalue weighted by Crippen LogP contribution is 2.49. The second kappa shape index (κ2) is 5.89. The second-order valence-corrected chi connectivity index (χ2v) is 7.42. The number of hydrogen-bond acceptors (Lipinski definition) is 5. The molecular formula is C20H20N4O2. The minimum absolute atomic E-state index is 0.0711. The molecule has 2 heterocycles. The highest BCUT2D eigenvalue weighted by Gasteiger charge is 2.49. The molecule has 132 valence electrons. The van der Waals surface area contributed by atoms with Crippen LogP contribution in [0.4, 0.5) is 0 Å². The molecular weight excluding hydrogens is 328 g/mol. The summed E-state index contributed by atoms with van der Waals surface area (Å²) in [5, 5.41) is 19.9. The van der Waals surface area contributed by atoms with Gasteiger partial charge in [-0.2, -0.15) is 5.26 Å². The predicted octanol–water partition coefficient (Wildman–Crippen LogP) is 2.11. The van der Waals surface area contributed by atoms with Gasteiger partial charge in [0.1, 0.15) is 5.82 Å². The molecule has 0 radical (unpaired) electrons. The van der Waals surface area contributed by atoms with Gasteiger partial charge in [0.25, 0.3) is 5.56 Å². The maximum atomic E-state index is 12.7. The van der Waals surface area contributed by atoms with Gasteiger partial charge >= 0.3 is 0 Å². The van der Waals surface area contributed by atoms with E-state index in [0.717, 1.165) is 17.7 Å². The summed E-state index contributed by atoms with van der Waals surface area (Å²) in [5.74, 6) is 0.559. The first-order chi connectivity index (χ1) is 12.5. The third-order valence-corrected chi connectivity index (χ3v) is 5.99. The van der Waals surface area contributed by atoms with Gasteiger partial charge in [0.05, 0.1) is 23.4 Å². The average Bonchev–Trinajstić information content (AvgIpc) is 2.65. The first kappa shape index (κ1) is 16.7. The molecule has 0 aliphatic heterocycles. The zero-order valence-corrected chi connectivity index (χ0v) is 14.7. The van der Waals surface area contributed by atoms with Crippen LogP contribution in [0.15, 0.2) is 41.0 Å². The van der Waals surface area contributed by atoms with E-state index in [2.05, 4.69) is 16.0 Å². The molecule has 2 N–H and O–H groups in total. The fraction of sp³-hybridized carbons (Fsp3) is 0.400. The highest BCUT2D eigenvalue weighted by molar-refractivity contribution is 5.55. The third kappa shape index (κ3) is 2.31. The van der Waals surface area contributed by atoms with Gasteiger partial charge in [-0.15, -0.1) is 0 Å². The van der Waals surface area contributed by atoms with Gasteiger partial charge in [-0.25, -0.2) is 4.98 Å². The lowest BCUT2D eigenvalue weighted by molar-refractivity contribution is 0.0667. The van der Waals surface area contributed by atoms with Gasteiger partial charge in [-0.3, -0.25) is 9.78 Å². The smallest absolute Gasteiger partial charge is 0.254 e. The van der Waals surface area contributed by atoms with Crippen molar-refractivity contribution in [3.63, 3.8) is 0 Å². The van der Waals surface area contributed by atoms with Crippen LogP contribution in [0.1, 0.15) is 31.5 Å². The van der Waals surface area contributed by atoms with Crippen LogP contribution in [0.3, 0.4) is 0 Å². The number of aliphatic hydroxyl groups is 1. The van der Waals surface area contributed by atoms with Crippen molar-refractivity contribution in [2.75, 3.05) is 0 Å². The van der Waals surface area contributed by atoms with Crippen molar-refractivity contribution >= 4 is 0 Å². The zero-order valence-electron chi connectivity index (χ0n) is 14.7. The number of nitrogens with one attached hydrogen (secondary N) is 1. The van der Waals surface area contributed by atoms with Crippen LogP contribution in [0.2, 0.25) is 0 Å². The fourth-order valence-corrected chi connectivity index (χ4v) is 4.59. The Balaban J connectivity index is 1.96. The maximum absolute atomic E-state index is 12.7. The van der Waals surface area contributed by atoms with Crippen LogP contribution < -0.4 is 5.56 Å². The van der Waals surface area contributed by atoms with Crippen LogP contribution in [-0.4, -0.2) is 26.2 Å². The second-order valence-electron chi connectivity index (χ2n) is 7.42. The van der Waals surface area contributed by atoms with E-state index in [0.29, 0.717) is 23.4 Å². The lowest BCUT2D eigenvalue weighted by Gasteiger charge is -2.47. The van der Waals surface area contributed by atoms with Crippen LogP contribution in [0.5, 0.6) is 0 Å². The van der Waals surface area contributed by atoms with Gasteiger partial charge < -0.3 is 10.1 Å². The standard InChI is InChI=1S/C20H20N4O2/c1-11-15-4-3-14-17(20(15,2)9-13(10-21)16(11)25)23-18(24-19(14)26)12-5-7-22-8-6-12/h5-9,11,15-16,25H,3-4H2,1-2H3,(H,23,24,26)/t11-,15-,16?,20-/m1/s1. The quantitative estimate of drug-likeness (QED) is 0.822. The number of aromatic nitrogens is 3. The minimum atomic E-state index is -0.763. The molecule has 2 aromatic rings. The Kier molecular flexibility index (Phi) is 3.78. The summed E-state index contributed by atoms with van der Waals surface area (Å²) < 4.78 is 0. The molecule has 0 saturated carbocycles. The summed E-state index contributed by atoms with van der Waals surface area (Å²) in [6.45, 7) is 4.00. The molecule has 6 heteroatoms. The molecule has 26 heavy (non-hydrogen) atoms. The number of hydrogen-bond donors (Lipinski definition) is 2. The number of aliphatic hydroxyl groups excluding tert-OH is 1. The molecule has 2 aliphatic rings. The van der Waals surface area contributed by atoms with Crippen LogP contribution in [0, 0.1) is 23.2 Å². The molecule has 0 saturated heterocycles. The maximum Gasteiger partial charge on any atom is 0.254 e. The summed E-state index contributed by atoms with van der Waals surface area (Å²) in [6, 6.07) is 5.73. The molecule has 2 aromatic heterocycles. The van der Waals surface area contributed by atoms with E-state index in [9.17, 15) is 15.2 Å². The number of nitrogens with zero attached hydrogens (tertiary/aromatic N) is 3. The predicted molar refractivity (Wildman–Crippen MR) is 96.1 cm³/mol. The van der Waals surface area contributed by atoms with E-state index >= 15 is 0 Å². The van der Waals surface area contributed by atoms with Crippen LogP contribution >= 0.6 is 0 Å². The van der Waals surface area contributed by atoms with E-state index in [1.165, 1.54) is 0 Å². The Bertz CT molecular complexity index is 989. The zero-order chi connectivity index (χ0) is 18.5. The Morgan fingerprint density at radius 3 is 2.81 bits per heavy atom. The van der Waals surface area contributed by atoms with Crippen molar-refractivity contribution in [3.8, 4) is 17.5 Å². The third-order valence-electron chi connectivity index (χ3n) is 5.99. The van der Waals surface area contributed by atoms with Crippen molar-refractivity contribution in [1.82, 2.24) is 15.0 Å². The van der Waals surface area contributed by atoms with E-state index in [1.54, 1.807) is 24.5 Å². The van der Waals surface area contributed by atoms with Crippen molar-refractivity contribution < 1.29 is 5.11 Å². The summed E-state index contributed by atoms with van der Waals surface area (Å²) in [7, 11) is 0. The molecule has 4 atom stereocenters. The normalized spacial score (nSPS) is 29.9. The van der Waals surface area contributed by atoms with E-state index in [1.807, 2.05) is 19.9 Å². The summed E-state index contributed by atoms with van der Waals surface area (Å²) >= 11 is 0. The highest BCUT2D eigenvalue weighted by atomic mass is 16.3. The van der Waals surface area contributed by atoms with Crippen molar-refractivity contribution in [2.24, 2.45) is 11.8 Å². The van der Waals surface area contributed by atoms with Crippen molar-refractivity contribution in [1.29, 1.82) is 5.26 Å². The minimum Gasteiger partial charge on any atom is -0.387 e. The molecule has 4 rings (SSSR count). The number of fused-ring (bicyclic) bond motifs is 3. The SMILES string of the molecule is C[C@H]1C(O)C(C#N)=C[C@@]2(C)c3nc(-c4ccncc4)[nH]c(=O)c3CC[C@H]12. The number of rotatable bonds is 1. The summed E-state index contributed by atoms with van der Waals surface area (Å²) in [6.07, 6.45) is 5.79. The van der Waals surface area contributed by atoms with E-state index in [4.69, 9.17) is 4.98 Å². The van der Waals surface area contributed by atoms with E-state index in [-0.39, 0.29) is 17.4 Å². The Hall–Kier alpha value is -2.78. The molecule has 0 amide bonds. The molecule has 0 spiro atoms. The van der Waals surface area contributed by atoms with E-state index < -0.39 is 11.5 Å². The van der Waals surface area contributed by atoms with Gasteiger partial charge in [0.15, 0.2) is 0 Å². The number of allylic oxidation sites excluding steroid dienone is 1. The molecule has 0 aromatic carbocycles. The summed E-state index contributed by atoms with van der Waals surface area (Å²) in [4.78, 5) is 24.4. The summed E-state index contributed by atoms with van der Waals surface area (Å²) in [5.41, 5.74) is 1.87. The lowest BCUT2D eigenvalue weighted by atomic mass is 9.57. The number of H-pyrrole nitrogens is 1. The van der Waals surface area contributed by atoms with Crippen LogP contribution in [0.25, 0.3) is 11.4 Å². The molecule has 1 unspecified atom stereocenters. The number of pyridine rings is 1. The molecule has 2 aliphatic carbocycles. The molecule has 6 nitrogen and oxygen atoms in total. The monoisotopic (exact) mass is 348 g/mol. The molecule has 0 bridgehead atoms. The Morgan fingerprint density at radius 1 is 1.38 bits per heavy atom.